The van der Waals surface area contributed by atoms with Gasteiger partial charge in [0.2, 0.25) is 5.85 Å². The van der Waals surface area contributed by atoms with Crippen molar-refractivity contribution < 1.29 is 46.7 Å². The number of rotatable bonds is 17. The molecule has 2 aliphatic rings. The van der Waals surface area contributed by atoms with Gasteiger partial charge in [-0.3, -0.25) is 23.2 Å². The molecule has 0 radical (unpaired) electrons. The zero-order valence-electron chi connectivity index (χ0n) is 26.5. The minimum absolute atomic E-state index is 0.0471. The number of unbranched alkanes of at least 4 members (excludes halogenated alkanes) is 2. The predicted octanol–water partition coefficient (Wildman–Crippen LogP) is 7.44. The summed E-state index contributed by atoms with van der Waals surface area (Å²) in [7, 11) is -4.14. The molecule has 2 fully saturated rings. The summed E-state index contributed by atoms with van der Waals surface area (Å²) in [5.74, 6) is -2.39. The second kappa shape index (κ2) is 16.0. The number of aliphatic hydroxyl groups is 1. The molecule has 9 nitrogen and oxygen atoms in total. The first-order valence-corrected chi connectivity index (χ1v) is 18.4. The van der Waals surface area contributed by atoms with E-state index < -0.39 is 42.5 Å². The zero-order chi connectivity index (χ0) is 31.7. The summed E-state index contributed by atoms with van der Waals surface area (Å²) in [6.45, 7) is 12.2. The van der Waals surface area contributed by atoms with Crippen LogP contribution >= 0.6 is 31.3 Å². The van der Waals surface area contributed by atoms with Gasteiger partial charge in [-0.15, -0.1) is 0 Å². The van der Waals surface area contributed by atoms with Crippen molar-refractivity contribution in [3.63, 3.8) is 0 Å². The maximum absolute atomic E-state index is 15.6. The van der Waals surface area contributed by atoms with Gasteiger partial charge in [0.25, 0.3) is 0 Å². The highest BCUT2D eigenvalue weighted by Gasteiger charge is 2.53. The van der Waals surface area contributed by atoms with Crippen LogP contribution in [-0.2, 0) is 37.2 Å². The van der Waals surface area contributed by atoms with Gasteiger partial charge < -0.3 is 14.6 Å². The van der Waals surface area contributed by atoms with Crippen LogP contribution in [0.1, 0.15) is 106 Å². The van der Waals surface area contributed by atoms with Crippen LogP contribution in [-0.4, -0.2) is 70.5 Å². The molecule has 1 heterocycles. The van der Waals surface area contributed by atoms with Gasteiger partial charge in [0, 0.05) is 41.6 Å². The summed E-state index contributed by atoms with van der Waals surface area (Å²) in [6, 6.07) is 0. The van der Waals surface area contributed by atoms with E-state index in [1.807, 2.05) is 41.5 Å². The third-order valence-corrected chi connectivity index (χ3v) is 11.0. The first-order valence-electron chi connectivity index (χ1n) is 14.9. The summed E-state index contributed by atoms with van der Waals surface area (Å²) in [5, 5.41) is 10.8. The molecule has 2 rings (SSSR count). The Labute approximate surface area is 260 Å². The van der Waals surface area contributed by atoms with E-state index in [2.05, 4.69) is 0 Å². The average molecular weight is 659 g/mol. The Hall–Kier alpha value is -0.0400. The van der Waals surface area contributed by atoms with E-state index in [9.17, 15) is 19.3 Å². The van der Waals surface area contributed by atoms with Crippen molar-refractivity contribution >= 4 is 41.6 Å². The number of alkyl halides is 1. The summed E-state index contributed by atoms with van der Waals surface area (Å²) in [4.78, 5) is 24.2. The maximum Gasteiger partial charge on any atom is 0.474 e. The molecular formula is C29H52FO9PS2. The van der Waals surface area contributed by atoms with Crippen LogP contribution in [0.5, 0.6) is 0 Å². The molecule has 1 saturated heterocycles. The second-order valence-corrected chi connectivity index (χ2v) is 17.4. The molecule has 0 spiro atoms. The van der Waals surface area contributed by atoms with Crippen LogP contribution in [0.25, 0.3) is 0 Å². The lowest BCUT2D eigenvalue weighted by molar-refractivity contribution is -0.256. The summed E-state index contributed by atoms with van der Waals surface area (Å²) >= 11 is 2.51. The van der Waals surface area contributed by atoms with E-state index in [0.717, 1.165) is 12.8 Å². The topological polar surface area (TPSA) is 118 Å². The van der Waals surface area contributed by atoms with Crippen LogP contribution in [0.4, 0.5) is 4.39 Å². The third-order valence-electron chi connectivity index (χ3n) is 6.80. The number of hydrogen-bond donors (Lipinski definition) is 1. The van der Waals surface area contributed by atoms with Gasteiger partial charge in [0.1, 0.15) is 6.61 Å². The van der Waals surface area contributed by atoms with Crippen molar-refractivity contribution in [1.82, 2.24) is 0 Å². The molecular weight excluding hydrogens is 606 g/mol. The Bertz CT molecular complexity index is 891. The van der Waals surface area contributed by atoms with E-state index >= 15 is 4.39 Å². The summed E-state index contributed by atoms with van der Waals surface area (Å²) in [6.07, 6.45) is 4.77. The monoisotopic (exact) mass is 658 g/mol. The molecule has 42 heavy (non-hydrogen) atoms. The lowest BCUT2D eigenvalue weighted by Gasteiger charge is -2.33. The molecule has 1 aliphatic carbocycles. The lowest BCUT2D eigenvalue weighted by Crippen LogP contribution is -2.42. The molecule has 0 aromatic rings. The van der Waals surface area contributed by atoms with E-state index in [1.165, 1.54) is 23.5 Å². The summed E-state index contributed by atoms with van der Waals surface area (Å²) in [5.41, 5.74) is -1.90. The van der Waals surface area contributed by atoms with Gasteiger partial charge in [-0.1, -0.05) is 65.1 Å². The van der Waals surface area contributed by atoms with Crippen molar-refractivity contribution in [1.29, 1.82) is 0 Å². The fourth-order valence-corrected chi connectivity index (χ4v) is 7.61. The standard InChI is InChI=1S/C29H52FO9PS2/c1-25(2,3)23(31)41-18-12-10-16-36-40(34,37-17-11-13-19-42-24(32)26(4,5)6)38-22-28(30)20-27(7,21-35-28)39-29(33)14-8-9-15-29/h33H,8-22H2,1-7H3/t27-,28+/m1/s1. The van der Waals surface area contributed by atoms with E-state index in [4.69, 9.17) is 23.0 Å². The van der Waals surface area contributed by atoms with Crippen molar-refractivity contribution in [2.45, 2.75) is 123 Å². The van der Waals surface area contributed by atoms with Crippen molar-refractivity contribution in [2.24, 2.45) is 10.8 Å². The van der Waals surface area contributed by atoms with Crippen LogP contribution in [0, 0.1) is 10.8 Å². The number of thioether (sulfide) groups is 2. The normalized spacial score (nSPS) is 24.8. The number of carbonyl (C=O) groups is 2. The fourth-order valence-electron chi connectivity index (χ4n) is 4.40. The van der Waals surface area contributed by atoms with Crippen LogP contribution in [0.2, 0.25) is 0 Å². The van der Waals surface area contributed by atoms with Crippen LogP contribution in [0.15, 0.2) is 0 Å². The minimum atomic E-state index is -4.14. The smallest absolute Gasteiger partial charge is 0.365 e. The van der Waals surface area contributed by atoms with Crippen LogP contribution in [0.3, 0.4) is 0 Å². The van der Waals surface area contributed by atoms with Gasteiger partial charge in [-0.25, -0.2) is 8.96 Å². The van der Waals surface area contributed by atoms with Crippen LogP contribution < -0.4 is 0 Å². The first-order chi connectivity index (χ1) is 19.3. The molecule has 1 N–H and O–H groups in total. The Kier molecular flexibility index (Phi) is 14.5. The van der Waals surface area contributed by atoms with E-state index in [-0.39, 0.29) is 36.5 Å². The average Bonchev–Trinajstić information content (AvgIpc) is 3.43. The number of phosphoric ester groups is 1. The number of carbonyl (C=O) groups excluding carboxylic acids is 2. The largest absolute Gasteiger partial charge is 0.474 e. The van der Waals surface area contributed by atoms with Gasteiger partial charge >= 0.3 is 7.82 Å². The highest BCUT2D eigenvalue weighted by molar-refractivity contribution is 8.14. The lowest BCUT2D eigenvalue weighted by atomic mass is 9.99. The number of hydrogen-bond acceptors (Lipinski definition) is 11. The fraction of sp³-hybridized carbons (Fsp3) is 0.931. The number of phosphoric acid groups is 1. The predicted molar refractivity (Wildman–Crippen MR) is 165 cm³/mol. The number of ether oxygens (including phenoxy) is 2. The summed E-state index contributed by atoms with van der Waals surface area (Å²) < 4.78 is 56.9. The van der Waals surface area contributed by atoms with Crippen molar-refractivity contribution in [3.8, 4) is 0 Å². The molecule has 246 valence electrons. The van der Waals surface area contributed by atoms with E-state index in [1.54, 1.807) is 6.92 Å². The Balaban J connectivity index is 1.87. The molecule has 2 atom stereocenters. The molecule has 13 heteroatoms. The van der Waals surface area contributed by atoms with Gasteiger partial charge in [0.05, 0.1) is 25.4 Å². The SMILES string of the molecule is CC(C)(C)C(=O)SCCCCOP(=O)(OCCCCSC(=O)C(C)(C)C)OC[C@]1(F)C[C@@](C)(OC2(O)CCCC2)CO1. The van der Waals surface area contributed by atoms with Gasteiger partial charge in [0.15, 0.2) is 16.0 Å². The highest BCUT2D eigenvalue weighted by atomic mass is 32.2. The highest BCUT2D eigenvalue weighted by Crippen LogP contribution is 2.52. The molecule has 0 amide bonds. The van der Waals surface area contributed by atoms with Crippen molar-refractivity contribution in [2.75, 3.05) is 37.9 Å². The molecule has 0 aromatic heterocycles. The Morgan fingerprint density at radius 1 is 0.881 bits per heavy atom. The first kappa shape index (κ1) is 38.1. The Morgan fingerprint density at radius 2 is 1.36 bits per heavy atom. The second-order valence-electron chi connectivity index (χ2n) is 13.6. The minimum Gasteiger partial charge on any atom is -0.365 e. The quantitative estimate of drug-likeness (QED) is 0.0954. The molecule has 0 bridgehead atoms. The van der Waals surface area contributed by atoms with Gasteiger partial charge in [-0.05, 0) is 45.4 Å². The zero-order valence-corrected chi connectivity index (χ0v) is 29.0. The maximum atomic E-state index is 15.6. The Morgan fingerprint density at radius 3 is 1.81 bits per heavy atom. The molecule has 0 unspecified atom stereocenters. The number of halogens is 1. The molecule has 1 aliphatic heterocycles. The molecule has 0 aromatic carbocycles. The van der Waals surface area contributed by atoms with Crippen molar-refractivity contribution in [3.05, 3.63) is 0 Å². The van der Waals surface area contributed by atoms with E-state index in [0.29, 0.717) is 50.0 Å². The third kappa shape index (κ3) is 13.5. The molecule has 1 saturated carbocycles. The van der Waals surface area contributed by atoms with Gasteiger partial charge in [-0.2, -0.15) is 0 Å².